The molecular formula is C15H14BrNO4S. The van der Waals surface area contributed by atoms with Gasteiger partial charge in [-0.1, -0.05) is 28.1 Å². The summed E-state index contributed by atoms with van der Waals surface area (Å²) in [6, 6.07) is 9.47. The maximum absolute atomic E-state index is 12.7. The number of carboxylic acid groups (broad SMARTS) is 1. The van der Waals surface area contributed by atoms with Gasteiger partial charge in [0.25, 0.3) is 0 Å². The summed E-state index contributed by atoms with van der Waals surface area (Å²) >= 11 is 3.38. The summed E-state index contributed by atoms with van der Waals surface area (Å²) < 4.78 is 27.4. The molecule has 0 spiro atoms. The Bertz CT molecular complexity index is 850. The van der Waals surface area contributed by atoms with E-state index in [4.69, 9.17) is 0 Å². The Morgan fingerprint density at radius 3 is 2.59 bits per heavy atom. The molecule has 0 aromatic heterocycles. The van der Waals surface area contributed by atoms with Crippen LogP contribution >= 0.6 is 15.9 Å². The number of rotatable bonds is 3. The van der Waals surface area contributed by atoms with E-state index in [1.165, 1.54) is 6.07 Å². The van der Waals surface area contributed by atoms with Crippen molar-refractivity contribution in [1.29, 1.82) is 0 Å². The van der Waals surface area contributed by atoms with E-state index in [9.17, 15) is 18.3 Å². The number of halogens is 1. The summed E-state index contributed by atoms with van der Waals surface area (Å²) in [6.45, 7) is 0.248. The van der Waals surface area contributed by atoms with Gasteiger partial charge in [-0.2, -0.15) is 4.31 Å². The molecule has 0 amide bonds. The number of benzene rings is 2. The van der Waals surface area contributed by atoms with Crippen LogP contribution in [0.15, 0.2) is 45.8 Å². The number of nitrogens with zero attached hydrogens (tertiary/aromatic N) is 1. The van der Waals surface area contributed by atoms with E-state index in [0.717, 1.165) is 19.6 Å². The third kappa shape index (κ3) is 2.64. The van der Waals surface area contributed by atoms with Crippen molar-refractivity contribution in [3.63, 3.8) is 0 Å². The predicted octanol–water partition coefficient (Wildman–Crippen LogP) is 2.84. The highest BCUT2D eigenvalue weighted by atomic mass is 79.9. The highest BCUT2D eigenvalue weighted by Gasteiger charge is 2.39. The highest BCUT2D eigenvalue weighted by molar-refractivity contribution is 9.10. The van der Waals surface area contributed by atoms with Crippen molar-refractivity contribution in [2.45, 2.75) is 23.8 Å². The molecule has 2 aromatic rings. The van der Waals surface area contributed by atoms with Gasteiger partial charge in [0.2, 0.25) is 10.0 Å². The summed E-state index contributed by atoms with van der Waals surface area (Å²) in [7, 11) is -3.79. The van der Waals surface area contributed by atoms with Crippen molar-refractivity contribution in [3.05, 3.63) is 40.9 Å². The summed E-state index contributed by atoms with van der Waals surface area (Å²) in [5.41, 5.74) is 0. The minimum Gasteiger partial charge on any atom is -0.480 e. The Morgan fingerprint density at radius 2 is 1.86 bits per heavy atom. The first-order chi connectivity index (χ1) is 10.4. The van der Waals surface area contributed by atoms with E-state index in [2.05, 4.69) is 15.9 Å². The van der Waals surface area contributed by atoms with Crippen LogP contribution in [0.2, 0.25) is 0 Å². The van der Waals surface area contributed by atoms with Gasteiger partial charge in [-0.25, -0.2) is 8.42 Å². The van der Waals surface area contributed by atoms with Crippen LogP contribution in [-0.2, 0) is 14.8 Å². The van der Waals surface area contributed by atoms with Gasteiger partial charge < -0.3 is 5.11 Å². The number of carboxylic acids is 1. The monoisotopic (exact) mass is 383 g/mol. The van der Waals surface area contributed by atoms with Gasteiger partial charge in [0.05, 0.1) is 4.90 Å². The molecule has 1 aliphatic heterocycles. The normalized spacial score (nSPS) is 19.6. The summed E-state index contributed by atoms with van der Waals surface area (Å²) in [4.78, 5) is 11.4. The lowest BCUT2D eigenvalue weighted by Gasteiger charge is -2.21. The molecule has 0 aliphatic carbocycles. The Balaban J connectivity index is 2.05. The van der Waals surface area contributed by atoms with Crippen molar-refractivity contribution in [2.24, 2.45) is 0 Å². The van der Waals surface area contributed by atoms with Crippen LogP contribution in [0.25, 0.3) is 10.8 Å². The number of aliphatic carboxylic acids is 1. The molecule has 1 fully saturated rings. The molecule has 1 N–H and O–H groups in total. The zero-order valence-electron chi connectivity index (χ0n) is 11.6. The molecule has 0 bridgehead atoms. The fourth-order valence-corrected chi connectivity index (χ4v) is 4.83. The minimum atomic E-state index is -3.79. The second-order valence-electron chi connectivity index (χ2n) is 5.27. The Morgan fingerprint density at radius 1 is 1.18 bits per heavy atom. The molecule has 1 atom stereocenters. The molecule has 0 radical (unpaired) electrons. The molecule has 1 heterocycles. The van der Waals surface area contributed by atoms with Crippen molar-refractivity contribution in [3.8, 4) is 0 Å². The quantitative estimate of drug-likeness (QED) is 0.883. The minimum absolute atomic E-state index is 0.135. The molecule has 0 unspecified atom stereocenters. The third-order valence-corrected chi connectivity index (χ3v) is 6.27. The average molecular weight is 384 g/mol. The molecule has 1 saturated heterocycles. The van der Waals surface area contributed by atoms with Crippen LogP contribution < -0.4 is 0 Å². The first kappa shape index (κ1) is 15.5. The van der Waals surface area contributed by atoms with Gasteiger partial charge in [0, 0.05) is 11.0 Å². The van der Waals surface area contributed by atoms with Crippen LogP contribution in [0.4, 0.5) is 0 Å². The van der Waals surface area contributed by atoms with Gasteiger partial charge in [-0.05, 0) is 47.9 Å². The van der Waals surface area contributed by atoms with E-state index in [0.29, 0.717) is 12.8 Å². The maximum Gasteiger partial charge on any atom is 0.322 e. The molecule has 0 saturated carbocycles. The van der Waals surface area contributed by atoms with E-state index in [1.54, 1.807) is 12.1 Å². The number of hydrogen-bond acceptors (Lipinski definition) is 3. The van der Waals surface area contributed by atoms with Gasteiger partial charge in [0.1, 0.15) is 6.04 Å². The van der Waals surface area contributed by atoms with Crippen molar-refractivity contribution >= 4 is 42.7 Å². The van der Waals surface area contributed by atoms with Crippen molar-refractivity contribution in [1.82, 2.24) is 4.31 Å². The van der Waals surface area contributed by atoms with E-state index in [1.807, 2.05) is 18.2 Å². The zero-order chi connectivity index (χ0) is 15.9. The fourth-order valence-electron chi connectivity index (χ4n) is 2.77. The SMILES string of the molecule is O=C(O)[C@@H]1CCCN1S(=O)(=O)c1ccc2cc(Br)ccc2c1. The van der Waals surface area contributed by atoms with Crippen LogP contribution in [0.3, 0.4) is 0 Å². The van der Waals surface area contributed by atoms with Crippen LogP contribution in [-0.4, -0.2) is 36.4 Å². The van der Waals surface area contributed by atoms with Crippen LogP contribution in [0.5, 0.6) is 0 Å². The Kier molecular flexibility index (Phi) is 3.96. The second kappa shape index (κ2) is 5.64. The van der Waals surface area contributed by atoms with Crippen molar-refractivity contribution < 1.29 is 18.3 Å². The second-order valence-corrected chi connectivity index (χ2v) is 8.07. The zero-order valence-corrected chi connectivity index (χ0v) is 14.0. The van der Waals surface area contributed by atoms with Gasteiger partial charge in [-0.3, -0.25) is 4.79 Å². The molecular weight excluding hydrogens is 370 g/mol. The molecule has 3 rings (SSSR count). The van der Waals surface area contributed by atoms with Crippen molar-refractivity contribution in [2.75, 3.05) is 6.54 Å². The largest absolute Gasteiger partial charge is 0.480 e. The standard InChI is InChI=1S/C15H14BrNO4S/c16-12-5-3-11-9-13(6-4-10(11)8-12)22(20,21)17-7-1-2-14(17)15(18)19/h3-6,8-9,14H,1-2,7H2,(H,18,19)/t14-/m0/s1. The van der Waals surface area contributed by atoms with E-state index < -0.39 is 22.0 Å². The van der Waals surface area contributed by atoms with Crippen LogP contribution in [0.1, 0.15) is 12.8 Å². The molecule has 2 aromatic carbocycles. The fraction of sp³-hybridized carbons (Fsp3) is 0.267. The average Bonchev–Trinajstić information content (AvgIpc) is 2.97. The molecule has 7 heteroatoms. The Hall–Kier alpha value is -1.44. The predicted molar refractivity (Wildman–Crippen MR) is 86.2 cm³/mol. The third-order valence-electron chi connectivity index (χ3n) is 3.87. The number of sulfonamides is 1. The van der Waals surface area contributed by atoms with E-state index in [-0.39, 0.29) is 11.4 Å². The number of hydrogen-bond donors (Lipinski definition) is 1. The molecule has 5 nitrogen and oxygen atoms in total. The smallest absolute Gasteiger partial charge is 0.322 e. The first-order valence-electron chi connectivity index (χ1n) is 6.83. The first-order valence-corrected chi connectivity index (χ1v) is 9.07. The number of carbonyl (C=O) groups is 1. The summed E-state index contributed by atoms with van der Waals surface area (Å²) in [6.07, 6.45) is 0.922. The lowest BCUT2D eigenvalue weighted by Crippen LogP contribution is -2.40. The molecule has 22 heavy (non-hydrogen) atoms. The highest BCUT2D eigenvalue weighted by Crippen LogP contribution is 2.29. The summed E-state index contributed by atoms with van der Waals surface area (Å²) in [5, 5.41) is 10.9. The lowest BCUT2D eigenvalue weighted by atomic mass is 10.1. The lowest BCUT2D eigenvalue weighted by molar-refractivity contribution is -0.140. The summed E-state index contributed by atoms with van der Waals surface area (Å²) in [5.74, 6) is -1.09. The molecule has 116 valence electrons. The maximum atomic E-state index is 12.7. The Labute approximate surface area is 136 Å². The van der Waals surface area contributed by atoms with Gasteiger partial charge in [-0.15, -0.1) is 0 Å². The van der Waals surface area contributed by atoms with E-state index >= 15 is 0 Å². The van der Waals surface area contributed by atoms with Gasteiger partial charge in [0.15, 0.2) is 0 Å². The van der Waals surface area contributed by atoms with Crippen LogP contribution in [0, 0.1) is 0 Å². The molecule has 1 aliphatic rings. The van der Waals surface area contributed by atoms with Gasteiger partial charge >= 0.3 is 5.97 Å². The topological polar surface area (TPSA) is 74.7 Å². The number of fused-ring (bicyclic) bond motifs is 1.